The molecule has 0 saturated carbocycles. The SMILES string of the molecule is CCN(CCCCC(C)(C)C(=N)N)CC(C)C. The maximum absolute atomic E-state index is 7.51. The Balaban J connectivity index is 3.79. The van der Waals surface area contributed by atoms with E-state index in [1.54, 1.807) is 0 Å². The van der Waals surface area contributed by atoms with Gasteiger partial charge in [-0.3, -0.25) is 5.41 Å². The molecule has 3 nitrogen and oxygen atoms in total. The normalized spacial score (nSPS) is 12.4. The summed E-state index contributed by atoms with van der Waals surface area (Å²) in [5.41, 5.74) is 5.45. The standard InChI is InChI=1S/C14H31N3/c1-6-17(11-12(2)3)10-8-7-9-14(4,5)13(15)16/h12H,6-11H2,1-5H3,(H3,15,16). The molecule has 0 radical (unpaired) electrons. The third kappa shape index (κ3) is 7.37. The second-order valence-electron chi connectivity index (χ2n) is 6.04. The maximum Gasteiger partial charge on any atom is 0.0963 e. The van der Waals surface area contributed by atoms with Crippen LogP contribution in [0.1, 0.15) is 53.9 Å². The minimum atomic E-state index is -0.130. The molecule has 0 unspecified atom stereocenters. The Kier molecular flexibility index (Phi) is 7.44. The van der Waals surface area contributed by atoms with Crippen molar-refractivity contribution in [2.45, 2.75) is 53.9 Å². The van der Waals surface area contributed by atoms with Crippen molar-refractivity contribution < 1.29 is 0 Å². The Morgan fingerprint density at radius 2 is 1.88 bits per heavy atom. The van der Waals surface area contributed by atoms with Crippen molar-refractivity contribution in [2.75, 3.05) is 19.6 Å². The number of nitrogens with one attached hydrogen (secondary N) is 1. The summed E-state index contributed by atoms with van der Waals surface area (Å²) in [6, 6.07) is 0. The lowest BCUT2D eigenvalue weighted by molar-refractivity contribution is 0.247. The number of unbranched alkanes of at least 4 members (excludes halogenated alkanes) is 1. The molecule has 0 fully saturated rings. The van der Waals surface area contributed by atoms with Gasteiger partial charge in [-0.05, 0) is 31.8 Å². The highest BCUT2D eigenvalue weighted by Crippen LogP contribution is 2.22. The molecular formula is C14H31N3. The average molecular weight is 241 g/mol. The topological polar surface area (TPSA) is 53.1 Å². The number of nitrogens with zero attached hydrogens (tertiary/aromatic N) is 1. The van der Waals surface area contributed by atoms with Crippen molar-refractivity contribution in [1.82, 2.24) is 4.90 Å². The second kappa shape index (κ2) is 7.70. The van der Waals surface area contributed by atoms with Gasteiger partial charge in [-0.25, -0.2) is 0 Å². The van der Waals surface area contributed by atoms with E-state index in [9.17, 15) is 0 Å². The van der Waals surface area contributed by atoms with Crippen LogP contribution in [0.4, 0.5) is 0 Å². The van der Waals surface area contributed by atoms with Gasteiger partial charge in [0.2, 0.25) is 0 Å². The molecule has 0 rings (SSSR count). The Hall–Kier alpha value is -0.570. The number of hydrogen-bond acceptors (Lipinski definition) is 2. The maximum atomic E-state index is 7.51. The zero-order valence-electron chi connectivity index (χ0n) is 12.3. The summed E-state index contributed by atoms with van der Waals surface area (Å²) in [5.74, 6) is 1.05. The van der Waals surface area contributed by atoms with Gasteiger partial charge in [-0.2, -0.15) is 0 Å². The van der Waals surface area contributed by atoms with Crippen LogP contribution in [-0.2, 0) is 0 Å². The molecule has 0 aromatic rings. The van der Waals surface area contributed by atoms with Crippen molar-refractivity contribution in [2.24, 2.45) is 17.1 Å². The van der Waals surface area contributed by atoms with Gasteiger partial charge in [0, 0.05) is 12.0 Å². The minimum Gasteiger partial charge on any atom is -0.387 e. The molecule has 0 heterocycles. The summed E-state index contributed by atoms with van der Waals surface area (Å²) in [5, 5.41) is 7.51. The van der Waals surface area contributed by atoms with E-state index in [4.69, 9.17) is 11.1 Å². The van der Waals surface area contributed by atoms with Crippen molar-refractivity contribution >= 4 is 5.84 Å². The highest BCUT2D eigenvalue weighted by atomic mass is 15.1. The van der Waals surface area contributed by atoms with E-state index >= 15 is 0 Å². The van der Waals surface area contributed by atoms with E-state index in [0.29, 0.717) is 5.84 Å². The van der Waals surface area contributed by atoms with Crippen molar-refractivity contribution in [3.05, 3.63) is 0 Å². The van der Waals surface area contributed by atoms with Crippen molar-refractivity contribution in [1.29, 1.82) is 5.41 Å². The minimum absolute atomic E-state index is 0.130. The van der Waals surface area contributed by atoms with Crippen molar-refractivity contribution in [3.8, 4) is 0 Å². The van der Waals surface area contributed by atoms with E-state index in [1.807, 2.05) is 0 Å². The molecule has 0 bridgehead atoms. The third-order valence-electron chi connectivity index (χ3n) is 3.33. The fraction of sp³-hybridized carbons (Fsp3) is 0.929. The van der Waals surface area contributed by atoms with E-state index in [0.717, 1.165) is 25.3 Å². The average Bonchev–Trinajstić information content (AvgIpc) is 2.21. The lowest BCUT2D eigenvalue weighted by Gasteiger charge is -2.25. The first-order valence-corrected chi connectivity index (χ1v) is 6.86. The van der Waals surface area contributed by atoms with E-state index < -0.39 is 0 Å². The highest BCUT2D eigenvalue weighted by molar-refractivity contribution is 5.82. The first kappa shape index (κ1) is 16.4. The molecule has 3 heteroatoms. The van der Waals surface area contributed by atoms with Gasteiger partial charge in [0.1, 0.15) is 0 Å². The lowest BCUT2D eigenvalue weighted by atomic mass is 9.86. The van der Waals surface area contributed by atoms with Crippen LogP contribution in [0.15, 0.2) is 0 Å². The first-order chi connectivity index (χ1) is 7.79. The van der Waals surface area contributed by atoms with Crippen LogP contribution in [-0.4, -0.2) is 30.4 Å². The third-order valence-corrected chi connectivity index (χ3v) is 3.33. The van der Waals surface area contributed by atoms with Gasteiger partial charge in [0.25, 0.3) is 0 Å². The summed E-state index contributed by atoms with van der Waals surface area (Å²) in [6.07, 6.45) is 3.38. The van der Waals surface area contributed by atoms with E-state index in [1.165, 1.54) is 19.5 Å². The Labute approximate surface area is 107 Å². The number of hydrogen-bond donors (Lipinski definition) is 2. The monoisotopic (exact) mass is 241 g/mol. The first-order valence-electron chi connectivity index (χ1n) is 6.86. The second-order valence-corrected chi connectivity index (χ2v) is 6.04. The number of amidine groups is 1. The lowest BCUT2D eigenvalue weighted by Crippen LogP contribution is -2.31. The summed E-state index contributed by atoms with van der Waals surface area (Å²) < 4.78 is 0. The number of rotatable bonds is 9. The number of nitrogens with two attached hydrogens (primary N) is 1. The smallest absolute Gasteiger partial charge is 0.0963 e. The van der Waals surface area contributed by atoms with Gasteiger partial charge < -0.3 is 10.6 Å². The van der Waals surface area contributed by atoms with Gasteiger partial charge in [0.05, 0.1) is 5.84 Å². The molecule has 0 aliphatic rings. The molecule has 0 amide bonds. The Morgan fingerprint density at radius 1 is 1.29 bits per heavy atom. The van der Waals surface area contributed by atoms with Crippen LogP contribution in [0.5, 0.6) is 0 Å². The molecule has 3 N–H and O–H groups in total. The highest BCUT2D eigenvalue weighted by Gasteiger charge is 2.20. The predicted molar refractivity (Wildman–Crippen MR) is 76.5 cm³/mol. The molecule has 0 saturated heterocycles. The zero-order valence-corrected chi connectivity index (χ0v) is 12.3. The van der Waals surface area contributed by atoms with E-state index in [-0.39, 0.29) is 5.41 Å². The molecule has 0 aliphatic heterocycles. The molecule has 102 valence electrons. The molecule has 0 aromatic carbocycles. The fourth-order valence-corrected chi connectivity index (χ4v) is 1.93. The Bertz CT molecular complexity index is 222. The van der Waals surface area contributed by atoms with Crippen LogP contribution in [0.2, 0.25) is 0 Å². The molecular weight excluding hydrogens is 210 g/mol. The van der Waals surface area contributed by atoms with Gasteiger partial charge >= 0.3 is 0 Å². The van der Waals surface area contributed by atoms with Crippen LogP contribution < -0.4 is 5.73 Å². The van der Waals surface area contributed by atoms with E-state index in [2.05, 4.69) is 39.5 Å². The molecule has 17 heavy (non-hydrogen) atoms. The van der Waals surface area contributed by atoms with Crippen LogP contribution in [0.25, 0.3) is 0 Å². The predicted octanol–water partition coefficient (Wildman–Crippen LogP) is 3.10. The molecule has 0 aliphatic carbocycles. The van der Waals surface area contributed by atoms with Crippen molar-refractivity contribution in [3.63, 3.8) is 0 Å². The largest absolute Gasteiger partial charge is 0.387 e. The Morgan fingerprint density at radius 3 is 2.29 bits per heavy atom. The van der Waals surface area contributed by atoms with Crippen LogP contribution in [0, 0.1) is 16.7 Å². The molecule has 0 aromatic heterocycles. The van der Waals surface area contributed by atoms with Crippen LogP contribution in [0.3, 0.4) is 0 Å². The summed E-state index contributed by atoms with van der Waals surface area (Å²) in [4.78, 5) is 2.51. The quantitative estimate of drug-likeness (QED) is 0.370. The van der Waals surface area contributed by atoms with Crippen LogP contribution >= 0.6 is 0 Å². The summed E-state index contributed by atoms with van der Waals surface area (Å²) >= 11 is 0. The van der Waals surface area contributed by atoms with Gasteiger partial charge in [0.15, 0.2) is 0 Å². The summed E-state index contributed by atoms with van der Waals surface area (Å²) in [6.45, 7) is 14.4. The van der Waals surface area contributed by atoms with Gasteiger partial charge in [-0.1, -0.05) is 41.0 Å². The molecule has 0 atom stereocenters. The fourth-order valence-electron chi connectivity index (χ4n) is 1.93. The summed E-state index contributed by atoms with van der Waals surface area (Å²) in [7, 11) is 0. The van der Waals surface area contributed by atoms with Gasteiger partial charge in [-0.15, -0.1) is 0 Å². The molecule has 0 spiro atoms. The zero-order chi connectivity index (χ0) is 13.5.